The lowest BCUT2D eigenvalue weighted by atomic mass is 10.1. The molecule has 2 N–H and O–H groups in total. The van der Waals surface area contributed by atoms with Gasteiger partial charge in [0.25, 0.3) is 5.91 Å². The zero-order chi connectivity index (χ0) is 20.8. The van der Waals surface area contributed by atoms with Crippen LogP contribution >= 0.6 is 0 Å². The van der Waals surface area contributed by atoms with E-state index in [2.05, 4.69) is 15.6 Å². The largest absolute Gasteiger partial charge is 0.480 e. The molecule has 3 aromatic rings. The average Bonchev–Trinajstić information content (AvgIpc) is 2.72. The van der Waals surface area contributed by atoms with E-state index in [9.17, 15) is 13.6 Å². The maximum atomic E-state index is 13.0. The minimum Gasteiger partial charge on any atom is -0.480 e. The van der Waals surface area contributed by atoms with Gasteiger partial charge in [-0.2, -0.15) is 4.98 Å². The van der Waals surface area contributed by atoms with E-state index in [1.54, 1.807) is 37.3 Å². The van der Waals surface area contributed by atoms with E-state index in [1.807, 2.05) is 0 Å². The Bertz CT molecular complexity index is 990. The minimum atomic E-state index is -0.332. The van der Waals surface area contributed by atoms with Crippen molar-refractivity contribution in [2.75, 3.05) is 12.4 Å². The number of ether oxygens (including phenoxy) is 1. The number of methoxy groups -OCH3 is 1. The second-order valence-electron chi connectivity index (χ2n) is 6.50. The van der Waals surface area contributed by atoms with Crippen molar-refractivity contribution in [3.63, 3.8) is 0 Å². The Hall–Kier alpha value is -3.48. The van der Waals surface area contributed by atoms with E-state index in [0.717, 1.165) is 11.1 Å². The molecule has 150 valence electrons. The molecule has 5 nitrogen and oxygen atoms in total. The lowest BCUT2D eigenvalue weighted by Gasteiger charge is -2.14. The summed E-state index contributed by atoms with van der Waals surface area (Å²) in [7, 11) is 1.45. The fourth-order valence-corrected chi connectivity index (χ4v) is 2.83. The van der Waals surface area contributed by atoms with E-state index in [-0.39, 0.29) is 30.0 Å². The third-order valence-electron chi connectivity index (χ3n) is 4.36. The minimum absolute atomic E-state index is 0.197. The first-order valence-electron chi connectivity index (χ1n) is 9.03. The summed E-state index contributed by atoms with van der Waals surface area (Å²) in [4.78, 5) is 17.0. The predicted molar refractivity (Wildman–Crippen MR) is 107 cm³/mol. The van der Waals surface area contributed by atoms with Crippen molar-refractivity contribution in [1.29, 1.82) is 0 Å². The van der Waals surface area contributed by atoms with Gasteiger partial charge in [-0.25, -0.2) is 8.78 Å². The summed E-state index contributed by atoms with van der Waals surface area (Å²) in [5, 5.41) is 5.94. The number of anilines is 1. The molecule has 2 aromatic carbocycles. The van der Waals surface area contributed by atoms with Crippen LogP contribution in [0.1, 0.15) is 27.0 Å². The zero-order valence-corrected chi connectivity index (χ0v) is 16.1. The number of rotatable bonds is 7. The van der Waals surface area contributed by atoms with Crippen molar-refractivity contribution in [3.8, 4) is 5.88 Å². The Morgan fingerprint density at radius 3 is 2.07 bits per heavy atom. The van der Waals surface area contributed by atoms with Crippen molar-refractivity contribution in [2.45, 2.75) is 20.0 Å². The van der Waals surface area contributed by atoms with Gasteiger partial charge >= 0.3 is 0 Å². The summed E-state index contributed by atoms with van der Waals surface area (Å²) in [5.41, 5.74) is 2.70. The number of halogens is 2. The Morgan fingerprint density at radius 2 is 1.52 bits per heavy atom. The average molecular weight is 397 g/mol. The SMILES string of the molecule is COc1nc(NCc2ccc(F)cc2)cc(C)c1C(=O)NCc1ccc(F)cc1. The lowest BCUT2D eigenvalue weighted by Crippen LogP contribution is -2.24. The van der Waals surface area contributed by atoms with Crippen LogP contribution in [0.3, 0.4) is 0 Å². The molecule has 29 heavy (non-hydrogen) atoms. The topological polar surface area (TPSA) is 63.2 Å². The quantitative estimate of drug-likeness (QED) is 0.627. The standard InChI is InChI=1S/C22H21F2N3O2/c1-14-11-19(25-12-15-3-7-17(23)8-4-15)27-22(29-2)20(14)21(28)26-13-16-5-9-18(24)10-6-16/h3-11H,12-13H2,1-2H3,(H,25,27)(H,26,28). The number of carbonyl (C=O) groups excluding carboxylic acids is 1. The Kier molecular flexibility index (Phi) is 6.39. The number of benzene rings is 2. The highest BCUT2D eigenvalue weighted by Gasteiger charge is 2.18. The van der Waals surface area contributed by atoms with Crippen LogP contribution in [0.15, 0.2) is 54.6 Å². The monoisotopic (exact) mass is 397 g/mol. The number of pyridine rings is 1. The van der Waals surface area contributed by atoms with Gasteiger partial charge < -0.3 is 15.4 Å². The van der Waals surface area contributed by atoms with Crippen LogP contribution in [-0.2, 0) is 13.1 Å². The summed E-state index contributed by atoms with van der Waals surface area (Å²) in [6.45, 7) is 2.50. The first-order valence-corrected chi connectivity index (χ1v) is 9.03. The molecule has 0 aliphatic heterocycles. The van der Waals surface area contributed by atoms with Crippen molar-refractivity contribution < 1.29 is 18.3 Å². The number of amides is 1. The molecule has 0 saturated carbocycles. The van der Waals surface area contributed by atoms with Gasteiger partial charge in [0, 0.05) is 13.1 Å². The predicted octanol–water partition coefficient (Wildman–Crippen LogP) is 4.22. The summed E-state index contributed by atoms with van der Waals surface area (Å²) < 4.78 is 31.3. The number of carbonyl (C=O) groups is 1. The fourth-order valence-electron chi connectivity index (χ4n) is 2.83. The highest BCUT2D eigenvalue weighted by Crippen LogP contribution is 2.23. The summed E-state index contributed by atoms with van der Waals surface area (Å²) >= 11 is 0. The maximum Gasteiger partial charge on any atom is 0.257 e. The molecule has 3 rings (SSSR count). The molecule has 0 bridgehead atoms. The first-order chi connectivity index (χ1) is 14.0. The van der Waals surface area contributed by atoms with Crippen molar-refractivity contribution in [2.24, 2.45) is 0 Å². The van der Waals surface area contributed by atoms with Gasteiger partial charge in [0.15, 0.2) is 0 Å². The number of hydrogen-bond donors (Lipinski definition) is 2. The van der Waals surface area contributed by atoms with Crippen LogP contribution in [0.5, 0.6) is 5.88 Å². The van der Waals surface area contributed by atoms with Crippen LogP contribution in [0.2, 0.25) is 0 Å². The zero-order valence-electron chi connectivity index (χ0n) is 16.1. The van der Waals surface area contributed by atoms with E-state index in [0.29, 0.717) is 23.5 Å². The van der Waals surface area contributed by atoms with E-state index < -0.39 is 0 Å². The number of aromatic nitrogens is 1. The van der Waals surface area contributed by atoms with Gasteiger partial charge in [0.05, 0.1) is 7.11 Å². The van der Waals surface area contributed by atoms with Crippen LogP contribution in [-0.4, -0.2) is 18.0 Å². The van der Waals surface area contributed by atoms with Crippen LogP contribution in [0, 0.1) is 18.6 Å². The van der Waals surface area contributed by atoms with E-state index in [4.69, 9.17) is 4.74 Å². The van der Waals surface area contributed by atoms with E-state index >= 15 is 0 Å². The molecule has 1 aromatic heterocycles. The first kappa shape index (κ1) is 20.3. The third-order valence-corrected chi connectivity index (χ3v) is 4.36. The van der Waals surface area contributed by atoms with Gasteiger partial charge in [-0.1, -0.05) is 24.3 Å². The molecular formula is C22H21F2N3O2. The van der Waals surface area contributed by atoms with Gasteiger partial charge in [-0.15, -0.1) is 0 Å². The molecule has 1 heterocycles. The van der Waals surface area contributed by atoms with Gasteiger partial charge in [-0.3, -0.25) is 4.79 Å². The molecule has 0 aliphatic rings. The Morgan fingerprint density at radius 1 is 0.966 bits per heavy atom. The normalized spacial score (nSPS) is 10.5. The van der Waals surface area contributed by atoms with Crippen molar-refractivity contribution in [1.82, 2.24) is 10.3 Å². The van der Waals surface area contributed by atoms with Gasteiger partial charge in [-0.05, 0) is 53.9 Å². The highest BCUT2D eigenvalue weighted by molar-refractivity contribution is 5.98. The van der Waals surface area contributed by atoms with Crippen LogP contribution < -0.4 is 15.4 Å². The van der Waals surface area contributed by atoms with Gasteiger partial charge in [0.1, 0.15) is 23.0 Å². The molecule has 7 heteroatoms. The van der Waals surface area contributed by atoms with Crippen LogP contribution in [0.25, 0.3) is 0 Å². The summed E-state index contributed by atoms with van der Waals surface area (Å²) in [6.07, 6.45) is 0. The molecule has 0 fully saturated rings. The summed E-state index contributed by atoms with van der Waals surface area (Å²) in [6, 6.07) is 13.8. The number of aryl methyl sites for hydroxylation is 1. The fraction of sp³-hybridized carbons (Fsp3) is 0.182. The smallest absolute Gasteiger partial charge is 0.257 e. The summed E-state index contributed by atoms with van der Waals surface area (Å²) in [5.74, 6) is -0.214. The second-order valence-corrected chi connectivity index (χ2v) is 6.50. The van der Waals surface area contributed by atoms with Crippen LogP contribution in [0.4, 0.5) is 14.6 Å². The Labute approximate surface area is 167 Å². The molecular weight excluding hydrogens is 376 g/mol. The van der Waals surface area contributed by atoms with Crippen molar-refractivity contribution in [3.05, 3.63) is 88.5 Å². The number of nitrogens with one attached hydrogen (secondary N) is 2. The number of nitrogens with zero attached hydrogens (tertiary/aromatic N) is 1. The lowest BCUT2D eigenvalue weighted by molar-refractivity contribution is 0.0946. The Balaban J connectivity index is 1.70. The maximum absolute atomic E-state index is 13.0. The van der Waals surface area contributed by atoms with E-state index in [1.165, 1.54) is 31.4 Å². The highest BCUT2D eigenvalue weighted by atomic mass is 19.1. The molecule has 0 radical (unpaired) electrons. The molecule has 0 unspecified atom stereocenters. The number of hydrogen-bond acceptors (Lipinski definition) is 4. The molecule has 0 aliphatic carbocycles. The molecule has 0 saturated heterocycles. The third kappa shape index (κ3) is 5.28. The molecule has 0 atom stereocenters. The second kappa shape index (κ2) is 9.14. The van der Waals surface area contributed by atoms with Crippen molar-refractivity contribution >= 4 is 11.7 Å². The molecule has 0 spiro atoms. The molecule has 1 amide bonds. The van der Waals surface area contributed by atoms with Gasteiger partial charge in [0.2, 0.25) is 5.88 Å².